The number of carbonyl (C=O) groups excluding carboxylic acids is 1. The van der Waals surface area contributed by atoms with E-state index in [-0.39, 0.29) is 17.2 Å². The maximum absolute atomic E-state index is 12.6. The molecule has 0 saturated carbocycles. The molecule has 3 N–H and O–H groups in total. The number of anilines is 1. The average Bonchev–Trinajstić information content (AvgIpc) is 3.01. The van der Waals surface area contributed by atoms with Crippen LogP contribution in [0.2, 0.25) is 0 Å². The van der Waals surface area contributed by atoms with Crippen LogP contribution in [0.25, 0.3) is 0 Å². The molecule has 21 heavy (non-hydrogen) atoms. The summed E-state index contributed by atoms with van der Waals surface area (Å²) in [6.07, 6.45) is -0.529. The average molecular weight is 311 g/mol. The molecule has 1 saturated heterocycles. The van der Waals surface area contributed by atoms with Crippen molar-refractivity contribution in [3.63, 3.8) is 0 Å². The van der Waals surface area contributed by atoms with Gasteiger partial charge in [-0.3, -0.25) is 4.79 Å². The van der Waals surface area contributed by atoms with E-state index in [9.17, 15) is 18.3 Å². The summed E-state index contributed by atoms with van der Waals surface area (Å²) in [7, 11) is -2.23. The van der Waals surface area contributed by atoms with Gasteiger partial charge in [0.1, 0.15) is 0 Å². The van der Waals surface area contributed by atoms with Gasteiger partial charge in [-0.2, -0.15) is 4.31 Å². The number of hydrogen-bond donors (Lipinski definition) is 3. The van der Waals surface area contributed by atoms with Crippen LogP contribution >= 0.6 is 0 Å². The molecule has 1 amide bonds. The molecule has 2 aliphatic rings. The zero-order valence-electron chi connectivity index (χ0n) is 11.5. The number of aliphatic hydroxyl groups excluding tert-OH is 1. The zero-order valence-corrected chi connectivity index (χ0v) is 12.4. The molecule has 2 aliphatic heterocycles. The third kappa shape index (κ3) is 2.44. The van der Waals surface area contributed by atoms with Gasteiger partial charge in [-0.1, -0.05) is 0 Å². The zero-order chi connectivity index (χ0) is 15.2. The number of benzene rings is 1. The van der Waals surface area contributed by atoms with Crippen LogP contribution in [0, 0.1) is 0 Å². The number of nitrogens with zero attached hydrogens (tertiary/aromatic N) is 1. The number of aliphatic hydroxyl groups is 1. The van der Waals surface area contributed by atoms with Crippen molar-refractivity contribution in [1.82, 2.24) is 9.62 Å². The lowest BCUT2D eigenvalue weighted by molar-refractivity contribution is -0.115. The first-order valence-electron chi connectivity index (χ1n) is 6.69. The first-order chi connectivity index (χ1) is 9.89. The Kier molecular flexibility index (Phi) is 3.48. The van der Waals surface area contributed by atoms with E-state index in [1.807, 2.05) is 0 Å². The third-order valence-corrected chi connectivity index (χ3v) is 5.88. The van der Waals surface area contributed by atoms with Gasteiger partial charge in [0.15, 0.2) is 0 Å². The van der Waals surface area contributed by atoms with Gasteiger partial charge < -0.3 is 15.7 Å². The molecule has 0 aromatic heterocycles. The van der Waals surface area contributed by atoms with Gasteiger partial charge in [0.2, 0.25) is 15.9 Å². The van der Waals surface area contributed by atoms with E-state index in [0.29, 0.717) is 24.3 Å². The van der Waals surface area contributed by atoms with Crippen LogP contribution in [0.4, 0.5) is 5.69 Å². The maximum atomic E-state index is 12.6. The predicted molar refractivity (Wildman–Crippen MR) is 76.4 cm³/mol. The van der Waals surface area contributed by atoms with Crippen molar-refractivity contribution in [2.75, 3.05) is 25.5 Å². The number of likely N-dealkylation sites (N-methyl/N-ethyl adjacent to an activating group) is 1. The summed E-state index contributed by atoms with van der Waals surface area (Å²) >= 11 is 0. The van der Waals surface area contributed by atoms with Crippen LogP contribution in [0.5, 0.6) is 0 Å². The molecule has 3 rings (SSSR count). The minimum Gasteiger partial charge on any atom is -0.390 e. The fraction of sp³-hybridized carbons (Fsp3) is 0.462. The Morgan fingerprint density at radius 3 is 2.76 bits per heavy atom. The number of rotatable bonds is 3. The van der Waals surface area contributed by atoms with Crippen molar-refractivity contribution in [3.8, 4) is 0 Å². The predicted octanol–water partition coefficient (Wildman–Crippen LogP) is -0.866. The fourth-order valence-corrected chi connectivity index (χ4v) is 4.17. The Labute approximate surface area is 123 Å². The summed E-state index contributed by atoms with van der Waals surface area (Å²) in [5.74, 6) is -0.136. The van der Waals surface area contributed by atoms with Crippen LogP contribution in [0.15, 0.2) is 23.1 Å². The van der Waals surface area contributed by atoms with Crippen LogP contribution in [-0.4, -0.2) is 56.0 Å². The van der Waals surface area contributed by atoms with Gasteiger partial charge in [-0.05, 0) is 23.8 Å². The summed E-state index contributed by atoms with van der Waals surface area (Å²) in [6.45, 7) is 0.801. The van der Waals surface area contributed by atoms with Crippen molar-refractivity contribution >= 4 is 21.6 Å². The highest BCUT2D eigenvalue weighted by Gasteiger charge is 2.36. The van der Waals surface area contributed by atoms with Gasteiger partial charge in [-0.25, -0.2) is 8.42 Å². The molecule has 7 nitrogen and oxygen atoms in total. The molecule has 1 fully saturated rings. The van der Waals surface area contributed by atoms with Crippen molar-refractivity contribution in [2.24, 2.45) is 0 Å². The van der Waals surface area contributed by atoms with Gasteiger partial charge in [-0.15, -0.1) is 0 Å². The summed E-state index contributed by atoms with van der Waals surface area (Å²) < 4.78 is 26.5. The third-order valence-electron chi connectivity index (χ3n) is 4.00. The summed E-state index contributed by atoms with van der Waals surface area (Å²) in [4.78, 5) is 11.5. The first-order valence-corrected chi connectivity index (χ1v) is 8.13. The van der Waals surface area contributed by atoms with E-state index in [0.717, 1.165) is 0 Å². The number of nitrogens with one attached hydrogen (secondary N) is 2. The van der Waals surface area contributed by atoms with Gasteiger partial charge >= 0.3 is 0 Å². The van der Waals surface area contributed by atoms with E-state index in [1.165, 1.54) is 23.5 Å². The largest absolute Gasteiger partial charge is 0.390 e. The second kappa shape index (κ2) is 5.06. The molecule has 0 bridgehead atoms. The lowest BCUT2D eigenvalue weighted by atomic mass is 10.2. The summed E-state index contributed by atoms with van der Waals surface area (Å²) in [5.41, 5.74) is 1.34. The summed E-state index contributed by atoms with van der Waals surface area (Å²) in [5, 5.41) is 15.5. The highest BCUT2D eigenvalue weighted by Crippen LogP contribution is 2.28. The second-order valence-electron chi connectivity index (χ2n) is 5.36. The highest BCUT2D eigenvalue weighted by atomic mass is 32.2. The van der Waals surface area contributed by atoms with Crippen molar-refractivity contribution in [2.45, 2.75) is 23.5 Å². The Bertz CT molecular complexity index is 689. The Morgan fingerprint density at radius 2 is 2.10 bits per heavy atom. The normalized spacial score (nSPS) is 25.2. The fourth-order valence-electron chi connectivity index (χ4n) is 2.73. The van der Waals surface area contributed by atoms with Gasteiger partial charge in [0.05, 0.1) is 23.5 Å². The van der Waals surface area contributed by atoms with Crippen molar-refractivity contribution in [1.29, 1.82) is 0 Å². The topological polar surface area (TPSA) is 98.7 Å². The Balaban J connectivity index is 1.92. The van der Waals surface area contributed by atoms with Crippen molar-refractivity contribution in [3.05, 3.63) is 23.8 Å². The smallest absolute Gasteiger partial charge is 0.243 e. The molecular formula is C13H17N3O4S. The van der Waals surface area contributed by atoms with Crippen LogP contribution < -0.4 is 10.6 Å². The van der Waals surface area contributed by atoms with E-state index in [4.69, 9.17) is 0 Å². The molecule has 2 heterocycles. The lowest BCUT2D eigenvalue weighted by Crippen LogP contribution is -2.44. The monoisotopic (exact) mass is 311 g/mol. The molecule has 0 aliphatic carbocycles. The molecule has 0 radical (unpaired) electrons. The molecule has 1 aromatic rings. The number of sulfonamides is 1. The van der Waals surface area contributed by atoms with Gasteiger partial charge in [0, 0.05) is 25.8 Å². The van der Waals surface area contributed by atoms with E-state index in [1.54, 1.807) is 6.07 Å². The molecule has 1 aromatic carbocycles. The number of β-amino-alcohol motifs (C(OH)–C–C–N with tert-alkyl or cyclic N) is 1. The first kappa shape index (κ1) is 14.5. The quantitative estimate of drug-likeness (QED) is 0.674. The molecule has 0 spiro atoms. The lowest BCUT2D eigenvalue weighted by Gasteiger charge is -2.25. The molecular weight excluding hydrogens is 294 g/mol. The van der Waals surface area contributed by atoms with Crippen molar-refractivity contribution < 1.29 is 18.3 Å². The Hall–Kier alpha value is -1.48. The summed E-state index contributed by atoms with van der Waals surface area (Å²) in [6, 6.07) is 4.12. The second-order valence-corrected chi connectivity index (χ2v) is 7.36. The van der Waals surface area contributed by atoms with Crippen LogP contribution in [-0.2, 0) is 21.2 Å². The van der Waals surface area contributed by atoms with E-state index < -0.39 is 22.2 Å². The highest BCUT2D eigenvalue weighted by molar-refractivity contribution is 7.89. The Morgan fingerprint density at radius 1 is 1.33 bits per heavy atom. The molecule has 2 atom stereocenters. The van der Waals surface area contributed by atoms with E-state index in [2.05, 4.69) is 10.6 Å². The SMILES string of the molecule is CN([C@H]1CNC[C@@H]1O)S(=O)(=O)c1ccc2c(c1)CC(=O)N2. The standard InChI is InChI=1S/C13H17N3O4S/c1-16(11-6-14-7-12(11)17)21(19,20)9-2-3-10-8(4-9)5-13(18)15-10/h2-4,11-12,14,17H,5-7H2,1H3,(H,15,18)/t11-,12-/m0/s1. The van der Waals surface area contributed by atoms with Crippen LogP contribution in [0.1, 0.15) is 5.56 Å². The molecule has 8 heteroatoms. The van der Waals surface area contributed by atoms with Gasteiger partial charge in [0.25, 0.3) is 0 Å². The minimum atomic E-state index is -3.70. The number of hydrogen-bond acceptors (Lipinski definition) is 5. The maximum Gasteiger partial charge on any atom is 0.243 e. The number of amides is 1. The molecule has 114 valence electrons. The number of fused-ring (bicyclic) bond motifs is 1. The molecule has 0 unspecified atom stereocenters. The van der Waals surface area contributed by atoms with E-state index >= 15 is 0 Å². The number of carbonyl (C=O) groups is 1. The minimum absolute atomic E-state index is 0.136. The van der Waals surface area contributed by atoms with Crippen LogP contribution in [0.3, 0.4) is 0 Å².